The molecule has 1 amide bonds. The molecule has 1 aromatic heterocycles. The minimum Gasteiger partial charge on any atom is -0.378 e. The Bertz CT molecular complexity index is 1110. The molecule has 3 aromatic rings. The molecule has 31 heavy (non-hydrogen) atoms. The maximum Gasteiger partial charge on any atom is 0.271 e. The van der Waals surface area contributed by atoms with Crippen molar-refractivity contribution < 1.29 is 4.79 Å². The summed E-state index contributed by atoms with van der Waals surface area (Å²) in [4.78, 5) is 31.4. The first-order valence-corrected chi connectivity index (χ1v) is 10.5. The van der Waals surface area contributed by atoms with Crippen molar-refractivity contribution in [2.24, 2.45) is 0 Å². The molecule has 0 atom stereocenters. The van der Waals surface area contributed by atoms with Gasteiger partial charge < -0.3 is 14.7 Å². The van der Waals surface area contributed by atoms with E-state index < -0.39 is 0 Å². The van der Waals surface area contributed by atoms with E-state index in [0.29, 0.717) is 25.2 Å². The van der Waals surface area contributed by atoms with E-state index in [4.69, 9.17) is 0 Å². The largest absolute Gasteiger partial charge is 0.378 e. The van der Waals surface area contributed by atoms with Gasteiger partial charge in [0.1, 0.15) is 5.82 Å². The van der Waals surface area contributed by atoms with Crippen LogP contribution in [0, 0.1) is 0 Å². The Balaban J connectivity index is 1.50. The predicted molar refractivity (Wildman–Crippen MR) is 123 cm³/mol. The Hall–Kier alpha value is -3.61. The number of carbonyl (C=O) groups excluding carboxylic acids is 1. The molecule has 1 aliphatic heterocycles. The third kappa shape index (κ3) is 4.60. The summed E-state index contributed by atoms with van der Waals surface area (Å²) in [6.07, 6.45) is 0.839. The number of para-hydroxylation sites is 1. The number of aromatic nitrogens is 2. The fraction of sp³-hybridized carbons (Fsp3) is 0.292. The molecular formula is C24H27N5O2. The molecule has 7 nitrogen and oxygen atoms in total. The topological polar surface area (TPSA) is 61.7 Å². The Kier molecular flexibility index (Phi) is 6.02. The van der Waals surface area contributed by atoms with Gasteiger partial charge in [0.25, 0.3) is 11.5 Å². The zero-order chi connectivity index (χ0) is 21.8. The van der Waals surface area contributed by atoms with E-state index in [1.807, 2.05) is 78.5 Å². The number of hydrogen-bond acceptors (Lipinski definition) is 5. The van der Waals surface area contributed by atoms with Gasteiger partial charge in [0, 0.05) is 57.6 Å². The molecule has 0 bridgehead atoms. The molecule has 0 unspecified atom stereocenters. The summed E-state index contributed by atoms with van der Waals surface area (Å²) in [5, 5.41) is 4.59. The molecule has 2 aromatic carbocycles. The first kappa shape index (κ1) is 20.7. The van der Waals surface area contributed by atoms with E-state index in [1.165, 1.54) is 4.68 Å². The van der Waals surface area contributed by atoms with Gasteiger partial charge in [-0.15, -0.1) is 5.10 Å². The molecule has 0 aliphatic carbocycles. The quantitative estimate of drug-likeness (QED) is 0.653. The van der Waals surface area contributed by atoms with Crippen molar-refractivity contribution in [2.45, 2.75) is 6.42 Å². The highest BCUT2D eigenvalue weighted by Gasteiger charge is 2.22. The number of benzene rings is 2. The van der Waals surface area contributed by atoms with Gasteiger partial charge in [-0.05, 0) is 42.8 Å². The summed E-state index contributed by atoms with van der Waals surface area (Å²) in [7, 11) is 3.94. The predicted octanol–water partition coefficient (Wildman–Crippen LogP) is 2.65. The number of rotatable bonds is 4. The fourth-order valence-corrected chi connectivity index (χ4v) is 3.77. The van der Waals surface area contributed by atoms with Gasteiger partial charge in [-0.1, -0.05) is 24.3 Å². The number of hydrogen-bond donors (Lipinski definition) is 0. The SMILES string of the molecule is CN(C)c1cccc(C(=O)N2CCCN(c3ccc(=O)n(-c4ccccc4)n3)CC2)c1. The van der Waals surface area contributed by atoms with Crippen molar-refractivity contribution in [1.29, 1.82) is 0 Å². The lowest BCUT2D eigenvalue weighted by Gasteiger charge is -2.23. The summed E-state index contributed by atoms with van der Waals surface area (Å²) in [6.45, 7) is 2.75. The minimum atomic E-state index is -0.164. The number of nitrogens with zero attached hydrogens (tertiary/aromatic N) is 5. The molecule has 0 spiro atoms. The van der Waals surface area contributed by atoms with Gasteiger partial charge in [-0.3, -0.25) is 9.59 Å². The highest BCUT2D eigenvalue weighted by Crippen LogP contribution is 2.18. The monoisotopic (exact) mass is 417 g/mol. The average molecular weight is 418 g/mol. The summed E-state index contributed by atoms with van der Waals surface area (Å²) in [6, 6.07) is 20.4. The van der Waals surface area contributed by atoms with Crippen molar-refractivity contribution in [3.63, 3.8) is 0 Å². The lowest BCUT2D eigenvalue weighted by molar-refractivity contribution is 0.0767. The molecule has 0 saturated carbocycles. The number of amides is 1. The third-order valence-corrected chi connectivity index (χ3v) is 5.50. The second-order valence-electron chi connectivity index (χ2n) is 7.85. The van der Waals surface area contributed by atoms with Crippen LogP contribution in [0.15, 0.2) is 71.5 Å². The fourth-order valence-electron chi connectivity index (χ4n) is 3.77. The van der Waals surface area contributed by atoms with E-state index in [9.17, 15) is 9.59 Å². The summed E-state index contributed by atoms with van der Waals surface area (Å²) < 4.78 is 1.43. The van der Waals surface area contributed by atoms with Crippen LogP contribution < -0.4 is 15.4 Å². The molecule has 1 saturated heterocycles. The lowest BCUT2D eigenvalue weighted by Crippen LogP contribution is -2.36. The first-order chi connectivity index (χ1) is 15.0. The van der Waals surface area contributed by atoms with Crippen molar-refractivity contribution in [1.82, 2.24) is 14.7 Å². The van der Waals surface area contributed by atoms with Crippen molar-refractivity contribution in [3.8, 4) is 5.69 Å². The average Bonchev–Trinajstić information content (AvgIpc) is 3.06. The zero-order valence-corrected chi connectivity index (χ0v) is 17.9. The molecule has 4 rings (SSSR count). The minimum absolute atomic E-state index is 0.0489. The summed E-state index contributed by atoms with van der Waals surface area (Å²) in [5.74, 6) is 0.792. The summed E-state index contributed by atoms with van der Waals surface area (Å²) in [5.41, 5.74) is 2.29. The lowest BCUT2D eigenvalue weighted by atomic mass is 10.1. The molecule has 1 fully saturated rings. The Morgan fingerprint density at radius 2 is 1.71 bits per heavy atom. The number of anilines is 2. The maximum absolute atomic E-state index is 13.1. The van der Waals surface area contributed by atoms with Crippen LogP contribution in [-0.2, 0) is 0 Å². The second-order valence-corrected chi connectivity index (χ2v) is 7.85. The normalized spacial score (nSPS) is 14.3. The van der Waals surface area contributed by atoms with Crippen molar-refractivity contribution >= 4 is 17.4 Å². The van der Waals surface area contributed by atoms with Crippen LogP contribution in [0.1, 0.15) is 16.8 Å². The molecule has 1 aliphatic rings. The highest BCUT2D eigenvalue weighted by atomic mass is 16.2. The molecular weight excluding hydrogens is 390 g/mol. The van der Waals surface area contributed by atoms with Crippen LogP contribution in [0.4, 0.5) is 11.5 Å². The Morgan fingerprint density at radius 1 is 0.903 bits per heavy atom. The van der Waals surface area contributed by atoms with Crippen LogP contribution in [0.5, 0.6) is 0 Å². The van der Waals surface area contributed by atoms with Gasteiger partial charge in [0.05, 0.1) is 5.69 Å². The van der Waals surface area contributed by atoms with E-state index >= 15 is 0 Å². The van der Waals surface area contributed by atoms with E-state index in [0.717, 1.165) is 30.2 Å². The van der Waals surface area contributed by atoms with Crippen molar-refractivity contribution in [3.05, 3.63) is 82.6 Å². The van der Waals surface area contributed by atoms with Crippen LogP contribution in [-0.4, -0.2) is 60.9 Å². The zero-order valence-electron chi connectivity index (χ0n) is 17.9. The molecule has 0 N–H and O–H groups in total. The summed E-state index contributed by atoms with van der Waals surface area (Å²) >= 11 is 0. The molecule has 160 valence electrons. The van der Waals surface area contributed by atoms with Gasteiger partial charge >= 0.3 is 0 Å². The van der Waals surface area contributed by atoms with Crippen molar-refractivity contribution in [2.75, 3.05) is 50.1 Å². The van der Waals surface area contributed by atoms with Crippen LogP contribution >= 0.6 is 0 Å². The second kappa shape index (κ2) is 9.04. The van der Waals surface area contributed by atoms with Crippen LogP contribution in [0.25, 0.3) is 5.69 Å². The van der Waals surface area contributed by atoms with Crippen LogP contribution in [0.3, 0.4) is 0 Å². The molecule has 2 heterocycles. The van der Waals surface area contributed by atoms with Gasteiger partial charge in [0.2, 0.25) is 0 Å². The standard InChI is InChI=1S/C24H27N5O2/c1-26(2)21-11-6-8-19(18-21)24(31)28-15-7-14-27(16-17-28)22-12-13-23(30)29(25-22)20-9-4-3-5-10-20/h3-6,8-13,18H,7,14-17H2,1-2H3. The van der Waals surface area contributed by atoms with Crippen LogP contribution in [0.2, 0.25) is 0 Å². The third-order valence-electron chi connectivity index (χ3n) is 5.50. The molecule has 0 radical (unpaired) electrons. The van der Waals surface area contributed by atoms with E-state index in [1.54, 1.807) is 12.1 Å². The van der Waals surface area contributed by atoms with Gasteiger partial charge in [-0.25, -0.2) is 0 Å². The van der Waals surface area contributed by atoms with Gasteiger partial charge in [0.15, 0.2) is 0 Å². The van der Waals surface area contributed by atoms with E-state index in [-0.39, 0.29) is 11.5 Å². The smallest absolute Gasteiger partial charge is 0.271 e. The molecule has 7 heteroatoms. The van der Waals surface area contributed by atoms with Gasteiger partial charge in [-0.2, -0.15) is 4.68 Å². The van der Waals surface area contributed by atoms with E-state index in [2.05, 4.69) is 10.00 Å². The Morgan fingerprint density at radius 3 is 2.48 bits per heavy atom. The first-order valence-electron chi connectivity index (χ1n) is 10.5. The number of carbonyl (C=O) groups is 1. The Labute approximate surface area is 182 Å². The maximum atomic E-state index is 13.1. The highest BCUT2D eigenvalue weighted by molar-refractivity contribution is 5.95.